The molecule has 2 aliphatic heterocycles. The number of esters is 2. The number of methoxy groups -OCH3 is 1. The number of rotatable bonds is 2. The first-order valence-electron chi connectivity index (χ1n) is 8.71. The minimum Gasteiger partial charge on any atom is -0.465 e. The summed E-state index contributed by atoms with van der Waals surface area (Å²) in [6.07, 6.45) is 7.89. The molecule has 0 aromatic heterocycles. The van der Waals surface area contributed by atoms with Crippen molar-refractivity contribution in [2.75, 3.05) is 7.11 Å². The van der Waals surface area contributed by atoms with E-state index in [4.69, 9.17) is 14.2 Å². The minimum atomic E-state index is -0.600. The third kappa shape index (κ3) is 2.02. The average Bonchev–Trinajstić information content (AvgIpc) is 3.05. The van der Waals surface area contributed by atoms with E-state index in [0.717, 1.165) is 38.5 Å². The monoisotopic (exact) mass is 320 g/mol. The lowest BCUT2D eigenvalue weighted by Crippen LogP contribution is -2.60. The molecule has 0 radical (unpaired) electrons. The third-order valence-corrected chi connectivity index (χ3v) is 6.43. The Labute approximate surface area is 136 Å². The van der Waals surface area contributed by atoms with Crippen LogP contribution in [0.15, 0.2) is 11.3 Å². The van der Waals surface area contributed by atoms with Crippen LogP contribution < -0.4 is 0 Å². The van der Waals surface area contributed by atoms with Crippen LogP contribution in [0.2, 0.25) is 0 Å². The molecule has 126 valence electrons. The second-order valence-electron chi connectivity index (χ2n) is 7.53. The first-order valence-corrected chi connectivity index (χ1v) is 8.71. The van der Waals surface area contributed by atoms with Gasteiger partial charge in [0.25, 0.3) is 0 Å². The van der Waals surface area contributed by atoms with Gasteiger partial charge in [-0.2, -0.15) is 0 Å². The second-order valence-corrected chi connectivity index (χ2v) is 7.53. The number of carbonyl (C=O) groups is 2. The summed E-state index contributed by atoms with van der Waals surface area (Å²) >= 11 is 0. The van der Waals surface area contributed by atoms with Crippen LogP contribution in [-0.2, 0) is 23.8 Å². The van der Waals surface area contributed by atoms with E-state index in [1.54, 1.807) is 0 Å². The maximum absolute atomic E-state index is 12.5. The van der Waals surface area contributed by atoms with Gasteiger partial charge in [-0.15, -0.1) is 0 Å². The summed E-state index contributed by atoms with van der Waals surface area (Å²) in [6, 6.07) is 0. The van der Waals surface area contributed by atoms with Crippen LogP contribution in [0.25, 0.3) is 0 Å². The fraction of sp³-hybridized carbons (Fsp3) is 0.778. The number of hydrogen-bond acceptors (Lipinski definition) is 5. The van der Waals surface area contributed by atoms with E-state index in [0.29, 0.717) is 29.6 Å². The zero-order valence-electron chi connectivity index (χ0n) is 13.9. The predicted molar refractivity (Wildman–Crippen MR) is 81.3 cm³/mol. The van der Waals surface area contributed by atoms with Crippen molar-refractivity contribution >= 4 is 11.9 Å². The van der Waals surface area contributed by atoms with Crippen LogP contribution in [-0.4, -0.2) is 30.3 Å². The van der Waals surface area contributed by atoms with Crippen molar-refractivity contribution < 1.29 is 23.8 Å². The van der Waals surface area contributed by atoms with Crippen molar-refractivity contribution in [3.63, 3.8) is 0 Å². The van der Waals surface area contributed by atoms with Crippen LogP contribution in [0.1, 0.15) is 58.3 Å². The molecule has 2 saturated carbocycles. The molecule has 4 rings (SSSR count). The first kappa shape index (κ1) is 15.2. The van der Waals surface area contributed by atoms with Gasteiger partial charge in [0.05, 0.1) is 12.7 Å². The molecule has 2 unspecified atom stereocenters. The molecule has 0 N–H and O–H groups in total. The van der Waals surface area contributed by atoms with Gasteiger partial charge in [0.1, 0.15) is 16.9 Å². The third-order valence-electron chi connectivity index (χ3n) is 6.43. The van der Waals surface area contributed by atoms with E-state index in [1.165, 1.54) is 20.5 Å². The number of hydrogen-bond donors (Lipinski definition) is 0. The Balaban J connectivity index is 1.88. The van der Waals surface area contributed by atoms with Gasteiger partial charge >= 0.3 is 11.9 Å². The van der Waals surface area contributed by atoms with Crippen molar-refractivity contribution in [3.05, 3.63) is 11.3 Å². The van der Waals surface area contributed by atoms with E-state index < -0.39 is 11.6 Å². The molecule has 3 fully saturated rings. The minimum absolute atomic E-state index is 0.247. The molecule has 2 bridgehead atoms. The SMILES string of the molecule is COC(=O)C1=C(OC(C)=O)CC23CCC[C@H]2C[C@@H]2CCCC12O3. The normalized spacial score (nSPS) is 41.3. The smallest absolute Gasteiger partial charge is 0.340 e. The topological polar surface area (TPSA) is 61.8 Å². The largest absolute Gasteiger partial charge is 0.465 e. The Morgan fingerprint density at radius 2 is 1.91 bits per heavy atom. The Kier molecular flexibility index (Phi) is 3.34. The zero-order valence-corrected chi connectivity index (χ0v) is 13.9. The summed E-state index contributed by atoms with van der Waals surface area (Å²) in [5.41, 5.74) is -0.367. The fourth-order valence-electron chi connectivity index (χ4n) is 5.67. The summed E-state index contributed by atoms with van der Waals surface area (Å²) < 4.78 is 17.3. The van der Waals surface area contributed by atoms with Gasteiger partial charge in [-0.1, -0.05) is 6.42 Å². The molecule has 2 heterocycles. The lowest BCUT2D eigenvalue weighted by Gasteiger charge is -2.55. The van der Waals surface area contributed by atoms with Crippen molar-refractivity contribution in [1.82, 2.24) is 0 Å². The molecule has 4 aliphatic rings. The number of carbonyl (C=O) groups excluding carboxylic acids is 2. The van der Waals surface area contributed by atoms with E-state index in [-0.39, 0.29) is 11.6 Å². The van der Waals surface area contributed by atoms with Crippen LogP contribution in [0.5, 0.6) is 0 Å². The fourth-order valence-corrected chi connectivity index (χ4v) is 5.67. The number of ether oxygens (including phenoxy) is 3. The summed E-state index contributed by atoms with van der Waals surface area (Å²) in [4.78, 5) is 24.2. The molecule has 5 nitrogen and oxygen atoms in total. The molecule has 4 atom stereocenters. The molecule has 0 aromatic carbocycles. The highest BCUT2D eigenvalue weighted by atomic mass is 16.6. The molecule has 0 amide bonds. The van der Waals surface area contributed by atoms with Gasteiger partial charge in [-0.05, 0) is 50.4 Å². The Morgan fingerprint density at radius 1 is 1.17 bits per heavy atom. The van der Waals surface area contributed by atoms with Crippen LogP contribution in [0.3, 0.4) is 0 Å². The molecule has 23 heavy (non-hydrogen) atoms. The molecular formula is C18H24O5. The quantitative estimate of drug-likeness (QED) is 0.732. The van der Waals surface area contributed by atoms with Gasteiger partial charge in [-0.3, -0.25) is 4.79 Å². The molecule has 5 heteroatoms. The maximum atomic E-state index is 12.5. The Hall–Kier alpha value is -1.36. The molecular weight excluding hydrogens is 296 g/mol. The molecule has 1 saturated heterocycles. The summed E-state index contributed by atoms with van der Waals surface area (Å²) in [5, 5.41) is 0. The standard InChI is InChI=1S/C18H24O5/c1-11(19)22-14-10-17-7-3-5-12(17)9-13-6-4-8-18(13,23-17)15(14)16(20)21-2/h12-13H,3-10H2,1-2H3/t12-,13-,17?,18?/m0/s1. The molecule has 0 aromatic rings. The zero-order chi connectivity index (χ0) is 16.2. The highest BCUT2D eigenvalue weighted by Crippen LogP contribution is 2.63. The van der Waals surface area contributed by atoms with Crippen molar-refractivity contribution in [3.8, 4) is 0 Å². The molecule has 2 aliphatic carbocycles. The second kappa shape index (κ2) is 5.07. The van der Waals surface area contributed by atoms with Gasteiger partial charge in [0.15, 0.2) is 0 Å². The summed E-state index contributed by atoms with van der Waals surface area (Å²) in [6.45, 7) is 1.39. The van der Waals surface area contributed by atoms with Crippen LogP contribution in [0, 0.1) is 11.8 Å². The van der Waals surface area contributed by atoms with Crippen LogP contribution in [0.4, 0.5) is 0 Å². The lowest BCUT2D eigenvalue weighted by atomic mass is 9.66. The van der Waals surface area contributed by atoms with Crippen molar-refractivity contribution in [1.29, 1.82) is 0 Å². The highest BCUT2D eigenvalue weighted by molar-refractivity contribution is 5.92. The Morgan fingerprint density at radius 3 is 2.65 bits per heavy atom. The van der Waals surface area contributed by atoms with Crippen molar-refractivity contribution in [2.45, 2.75) is 69.5 Å². The predicted octanol–water partition coefficient (Wildman–Crippen LogP) is 2.88. The first-order chi connectivity index (χ1) is 11.0. The van der Waals surface area contributed by atoms with Gasteiger partial charge in [0, 0.05) is 13.3 Å². The lowest BCUT2D eigenvalue weighted by molar-refractivity contribution is -0.225. The van der Waals surface area contributed by atoms with E-state index >= 15 is 0 Å². The van der Waals surface area contributed by atoms with E-state index in [9.17, 15) is 9.59 Å². The summed E-state index contributed by atoms with van der Waals surface area (Å²) in [5.74, 6) is 0.578. The molecule has 2 spiro atoms. The van der Waals surface area contributed by atoms with Crippen molar-refractivity contribution in [2.24, 2.45) is 11.8 Å². The van der Waals surface area contributed by atoms with Gasteiger partial charge in [-0.25, -0.2) is 4.79 Å². The van der Waals surface area contributed by atoms with Gasteiger partial charge < -0.3 is 14.2 Å². The highest BCUT2D eigenvalue weighted by Gasteiger charge is 2.65. The maximum Gasteiger partial charge on any atom is 0.340 e. The average molecular weight is 320 g/mol. The summed E-state index contributed by atoms with van der Waals surface area (Å²) in [7, 11) is 1.38. The van der Waals surface area contributed by atoms with Crippen LogP contribution >= 0.6 is 0 Å². The van der Waals surface area contributed by atoms with Gasteiger partial charge in [0.2, 0.25) is 0 Å². The van der Waals surface area contributed by atoms with E-state index in [2.05, 4.69) is 0 Å². The van der Waals surface area contributed by atoms with E-state index in [1.807, 2.05) is 0 Å². The Bertz CT molecular complexity index is 594.